The Labute approximate surface area is 167 Å². The van der Waals surface area contributed by atoms with Gasteiger partial charge in [-0.05, 0) is 47.0 Å². The molecule has 0 atom stereocenters. The largest absolute Gasteiger partial charge is 0.444 e. The Bertz CT molecular complexity index is 788. The van der Waals surface area contributed by atoms with Crippen molar-refractivity contribution in [3.05, 3.63) is 58.0 Å². The minimum absolute atomic E-state index is 0.0187. The summed E-state index contributed by atoms with van der Waals surface area (Å²) in [5, 5.41) is 2.63. The molecule has 1 aromatic heterocycles. The molecule has 3 rings (SSSR count). The average Bonchev–Trinajstić information content (AvgIpc) is 2.96. The molecule has 0 bridgehead atoms. The van der Waals surface area contributed by atoms with Gasteiger partial charge in [-0.2, -0.15) is 0 Å². The van der Waals surface area contributed by atoms with Crippen LogP contribution in [-0.4, -0.2) is 54.3 Å². The fraction of sp³-hybridized carbons (Fsp3) is 0.400. The molecule has 6 nitrogen and oxygen atoms in total. The van der Waals surface area contributed by atoms with Crippen molar-refractivity contribution in [1.29, 1.82) is 0 Å². The molecule has 0 radical (unpaired) electrons. The van der Waals surface area contributed by atoms with Crippen LogP contribution in [0.25, 0.3) is 0 Å². The van der Waals surface area contributed by atoms with Gasteiger partial charge in [-0.15, -0.1) is 0 Å². The van der Waals surface area contributed by atoms with Gasteiger partial charge in [0.05, 0.1) is 6.54 Å². The standard InChI is InChI=1S/C20H24BrN3O3/c1-15-3-5-16(6-4-15)14-23-9-2-10-24(12-11-23)19(25)13-22-20(26)17-7-8-18(21)27-17/h3-8H,2,9-14H2,1H3,(H,22,26). The Balaban J connectivity index is 1.46. The molecule has 1 fully saturated rings. The van der Waals surface area contributed by atoms with Crippen LogP contribution in [0.2, 0.25) is 0 Å². The number of hydrogen-bond donors (Lipinski definition) is 1. The summed E-state index contributed by atoms with van der Waals surface area (Å²) in [6.07, 6.45) is 0.927. The van der Waals surface area contributed by atoms with Crippen molar-refractivity contribution in [2.24, 2.45) is 0 Å². The zero-order valence-corrected chi connectivity index (χ0v) is 17.0. The molecule has 144 valence electrons. The fourth-order valence-electron chi connectivity index (χ4n) is 3.12. The first-order valence-electron chi connectivity index (χ1n) is 9.10. The highest BCUT2D eigenvalue weighted by atomic mass is 79.9. The first-order chi connectivity index (χ1) is 13.0. The highest BCUT2D eigenvalue weighted by molar-refractivity contribution is 9.10. The van der Waals surface area contributed by atoms with Crippen molar-refractivity contribution in [2.45, 2.75) is 19.9 Å². The van der Waals surface area contributed by atoms with Gasteiger partial charge in [0.15, 0.2) is 10.4 Å². The topological polar surface area (TPSA) is 65.8 Å². The molecule has 0 saturated carbocycles. The molecule has 0 unspecified atom stereocenters. The number of nitrogens with one attached hydrogen (secondary N) is 1. The van der Waals surface area contributed by atoms with Crippen LogP contribution in [0.5, 0.6) is 0 Å². The van der Waals surface area contributed by atoms with Crippen LogP contribution in [0.3, 0.4) is 0 Å². The van der Waals surface area contributed by atoms with Crippen LogP contribution in [0.15, 0.2) is 45.5 Å². The van der Waals surface area contributed by atoms with E-state index in [9.17, 15) is 9.59 Å². The number of halogens is 1. The number of rotatable bonds is 5. The van der Waals surface area contributed by atoms with E-state index in [1.54, 1.807) is 12.1 Å². The summed E-state index contributed by atoms with van der Waals surface area (Å²) in [5.74, 6) is -0.258. The van der Waals surface area contributed by atoms with Crippen LogP contribution >= 0.6 is 15.9 Å². The zero-order valence-electron chi connectivity index (χ0n) is 15.4. The third-order valence-electron chi connectivity index (χ3n) is 4.67. The maximum absolute atomic E-state index is 12.4. The first-order valence-corrected chi connectivity index (χ1v) is 9.90. The van der Waals surface area contributed by atoms with Crippen molar-refractivity contribution in [2.75, 3.05) is 32.7 Å². The van der Waals surface area contributed by atoms with Crippen molar-refractivity contribution < 1.29 is 14.0 Å². The van der Waals surface area contributed by atoms with Crippen LogP contribution in [0.4, 0.5) is 0 Å². The average molecular weight is 434 g/mol. The van der Waals surface area contributed by atoms with Gasteiger partial charge in [0, 0.05) is 32.7 Å². The summed E-state index contributed by atoms with van der Waals surface area (Å²) in [7, 11) is 0. The van der Waals surface area contributed by atoms with E-state index in [1.807, 2.05) is 4.90 Å². The molecule has 1 N–H and O–H groups in total. The molecule has 2 aromatic rings. The number of carbonyl (C=O) groups is 2. The zero-order chi connectivity index (χ0) is 19.2. The molecule has 2 heterocycles. The van der Waals surface area contributed by atoms with Gasteiger partial charge in [0.2, 0.25) is 5.91 Å². The summed E-state index contributed by atoms with van der Waals surface area (Å²) in [6, 6.07) is 11.8. The number of amides is 2. The maximum Gasteiger partial charge on any atom is 0.287 e. The minimum Gasteiger partial charge on any atom is -0.444 e. The van der Waals surface area contributed by atoms with Crippen molar-refractivity contribution in [3.63, 3.8) is 0 Å². The highest BCUT2D eigenvalue weighted by Gasteiger charge is 2.20. The molecule has 27 heavy (non-hydrogen) atoms. The normalized spacial score (nSPS) is 15.4. The lowest BCUT2D eigenvalue weighted by Crippen LogP contribution is -2.41. The van der Waals surface area contributed by atoms with Gasteiger partial charge in [-0.25, -0.2) is 0 Å². The van der Waals surface area contributed by atoms with Crippen LogP contribution in [0.1, 0.15) is 28.1 Å². The van der Waals surface area contributed by atoms with E-state index in [4.69, 9.17) is 4.42 Å². The van der Waals surface area contributed by atoms with E-state index in [2.05, 4.69) is 57.3 Å². The summed E-state index contributed by atoms with van der Waals surface area (Å²) < 4.78 is 5.68. The van der Waals surface area contributed by atoms with E-state index in [-0.39, 0.29) is 24.1 Å². The predicted octanol–water partition coefficient (Wildman–Crippen LogP) is 2.81. The predicted molar refractivity (Wildman–Crippen MR) is 106 cm³/mol. The molecule has 0 aliphatic carbocycles. The third-order valence-corrected chi connectivity index (χ3v) is 5.09. The second-order valence-electron chi connectivity index (χ2n) is 6.78. The Morgan fingerprint density at radius 3 is 2.56 bits per heavy atom. The van der Waals surface area contributed by atoms with Gasteiger partial charge in [-0.3, -0.25) is 14.5 Å². The molecular formula is C20H24BrN3O3. The second-order valence-corrected chi connectivity index (χ2v) is 7.56. The molecule has 7 heteroatoms. The van der Waals surface area contributed by atoms with Crippen molar-refractivity contribution in [1.82, 2.24) is 15.1 Å². The molecular weight excluding hydrogens is 410 g/mol. The van der Waals surface area contributed by atoms with Crippen molar-refractivity contribution >= 4 is 27.7 Å². The molecule has 1 aromatic carbocycles. The smallest absolute Gasteiger partial charge is 0.287 e. The maximum atomic E-state index is 12.4. The summed E-state index contributed by atoms with van der Waals surface area (Å²) in [5.41, 5.74) is 2.55. The Kier molecular flexibility index (Phi) is 6.68. The van der Waals surface area contributed by atoms with E-state index in [0.717, 1.165) is 26.1 Å². The Morgan fingerprint density at radius 2 is 1.85 bits per heavy atom. The summed E-state index contributed by atoms with van der Waals surface area (Å²) >= 11 is 3.16. The van der Waals surface area contributed by atoms with Gasteiger partial charge in [-0.1, -0.05) is 29.8 Å². The van der Waals surface area contributed by atoms with E-state index in [0.29, 0.717) is 17.8 Å². The Hall–Kier alpha value is -2.12. The monoisotopic (exact) mass is 433 g/mol. The van der Waals surface area contributed by atoms with E-state index in [1.165, 1.54) is 11.1 Å². The fourth-order valence-corrected chi connectivity index (χ4v) is 3.43. The van der Waals surface area contributed by atoms with Gasteiger partial charge >= 0.3 is 0 Å². The minimum atomic E-state index is -0.384. The van der Waals surface area contributed by atoms with Gasteiger partial charge < -0.3 is 14.6 Å². The van der Waals surface area contributed by atoms with E-state index < -0.39 is 0 Å². The Morgan fingerprint density at radius 1 is 1.07 bits per heavy atom. The SMILES string of the molecule is Cc1ccc(CN2CCCN(C(=O)CNC(=O)c3ccc(Br)o3)CC2)cc1. The van der Waals surface area contributed by atoms with E-state index >= 15 is 0 Å². The second kappa shape index (κ2) is 9.19. The number of hydrogen-bond acceptors (Lipinski definition) is 4. The van der Waals surface area contributed by atoms with Crippen molar-refractivity contribution in [3.8, 4) is 0 Å². The number of aryl methyl sites for hydroxylation is 1. The molecule has 2 amide bonds. The highest BCUT2D eigenvalue weighted by Crippen LogP contribution is 2.14. The lowest BCUT2D eigenvalue weighted by molar-refractivity contribution is -0.130. The number of furan rings is 1. The van der Waals surface area contributed by atoms with Crippen LogP contribution < -0.4 is 5.32 Å². The molecule has 1 aliphatic rings. The lowest BCUT2D eigenvalue weighted by Gasteiger charge is -2.22. The third kappa shape index (κ3) is 5.68. The number of nitrogens with zero attached hydrogens (tertiary/aromatic N) is 2. The number of benzene rings is 1. The molecule has 1 aliphatic heterocycles. The summed E-state index contributed by atoms with van der Waals surface area (Å²) in [6.45, 7) is 6.14. The van der Waals surface area contributed by atoms with Gasteiger partial charge in [0.1, 0.15) is 0 Å². The van der Waals surface area contributed by atoms with Crippen LogP contribution in [-0.2, 0) is 11.3 Å². The quantitative estimate of drug-likeness (QED) is 0.786. The molecule has 0 spiro atoms. The number of carbonyl (C=O) groups excluding carboxylic acids is 2. The summed E-state index contributed by atoms with van der Waals surface area (Å²) in [4.78, 5) is 28.6. The van der Waals surface area contributed by atoms with Gasteiger partial charge in [0.25, 0.3) is 5.91 Å². The lowest BCUT2D eigenvalue weighted by atomic mass is 10.1. The van der Waals surface area contributed by atoms with Crippen LogP contribution in [0, 0.1) is 6.92 Å². The molecule has 1 saturated heterocycles. The first kappa shape index (κ1) is 19.6.